The van der Waals surface area contributed by atoms with Crippen LogP contribution in [0.15, 0.2) is 36.5 Å². The lowest BCUT2D eigenvalue weighted by Crippen LogP contribution is -2.33. The van der Waals surface area contributed by atoms with Gasteiger partial charge in [0.15, 0.2) is 5.13 Å². The highest BCUT2D eigenvalue weighted by molar-refractivity contribution is 7.15. The van der Waals surface area contributed by atoms with E-state index in [2.05, 4.69) is 40.2 Å². The molecule has 1 aromatic heterocycles. The van der Waals surface area contributed by atoms with Crippen LogP contribution in [0.25, 0.3) is 0 Å². The number of likely N-dealkylation sites (tertiary alicyclic amines) is 1. The van der Waals surface area contributed by atoms with Gasteiger partial charge < -0.3 is 5.73 Å². The van der Waals surface area contributed by atoms with Crippen molar-refractivity contribution in [3.05, 3.63) is 47.0 Å². The molecule has 21 heavy (non-hydrogen) atoms. The topological polar surface area (TPSA) is 42.1 Å². The molecule has 3 rings (SSSR count). The number of anilines is 1. The quantitative estimate of drug-likeness (QED) is 0.918. The number of hydrogen-bond acceptors (Lipinski definition) is 4. The summed E-state index contributed by atoms with van der Waals surface area (Å²) in [5.41, 5.74) is 7.16. The summed E-state index contributed by atoms with van der Waals surface area (Å²) in [6.07, 6.45) is 7.10. The summed E-state index contributed by atoms with van der Waals surface area (Å²) in [6.45, 7) is 3.43. The van der Waals surface area contributed by atoms with Crippen LogP contribution in [0.1, 0.15) is 29.7 Å². The van der Waals surface area contributed by atoms with E-state index in [1.54, 1.807) is 11.3 Å². The Hall–Kier alpha value is -1.39. The normalized spacial score (nSPS) is 17.1. The molecule has 0 bridgehead atoms. The number of piperidine rings is 1. The molecule has 2 aromatic rings. The Kier molecular flexibility index (Phi) is 4.88. The van der Waals surface area contributed by atoms with Gasteiger partial charge in [0.1, 0.15) is 0 Å². The SMILES string of the molecule is Nc1ncc(CN2CCC(CCc3ccccc3)CC2)s1. The van der Waals surface area contributed by atoms with Crippen molar-refractivity contribution in [2.24, 2.45) is 5.92 Å². The molecule has 3 nitrogen and oxygen atoms in total. The summed E-state index contributed by atoms with van der Waals surface area (Å²) in [6, 6.07) is 10.8. The van der Waals surface area contributed by atoms with Crippen LogP contribution in [0.3, 0.4) is 0 Å². The van der Waals surface area contributed by atoms with Gasteiger partial charge in [-0.05, 0) is 50.3 Å². The maximum absolute atomic E-state index is 5.69. The van der Waals surface area contributed by atoms with Crippen LogP contribution in [0, 0.1) is 5.92 Å². The highest BCUT2D eigenvalue weighted by Crippen LogP contribution is 2.25. The number of aryl methyl sites for hydroxylation is 1. The van der Waals surface area contributed by atoms with Crippen LogP contribution in [0.2, 0.25) is 0 Å². The Bertz CT molecular complexity index is 544. The van der Waals surface area contributed by atoms with Gasteiger partial charge in [0.2, 0.25) is 0 Å². The van der Waals surface area contributed by atoms with E-state index < -0.39 is 0 Å². The summed E-state index contributed by atoms with van der Waals surface area (Å²) >= 11 is 1.61. The van der Waals surface area contributed by atoms with Crippen LogP contribution in [0.5, 0.6) is 0 Å². The number of rotatable bonds is 5. The van der Waals surface area contributed by atoms with Gasteiger partial charge in [-0.25, -0.2) is 4.98 Å². The van der Waals surface area contributed by atoms with E-state index in [1.807, 2.05) is 6.20 Å². The molecule has 0 unspecified atom stereocenters. The molecule has 1 aromatic carbocycles. The third-order valence-corrected chi connectivity index (χ3v) is 5.15. The monoisotopic (exact) mass is 301 g/mol. The molecule has 4 heteroatoms. The maximum atomic E-state index is 5.69. The summed E-state index contributed by atoms with van der Waals surface area (Å²) in [5, 5.41) is 0.683. The van der Waals surface area contributed by atoms with Crippen LogP contribution in [0.4, 0.5) is 5.13 Å². The third-order valence-electron chi connectivity index (χ3n) is 4.34. The molecule has 2 heterocycles. The molecular weight excluding hydrogens is 278 g/mol. The van der Waals surface area contributed by atoms with Crippen LogP contribution >= 0.6 is 11.3 Å². The second-order valence-corrected chi connectivity index (χ2v) is 7.06. The van der Waals surface area contributed by atoms with Crippen molar-refractivity contribution in [3.63, 3.8) is 0 Å². The first-order valence-corrected chi connectivity index (χ1v) is 8.58. The largest absolute Gasteiger partial charge is 0.375 e. The minimum Gasteiger partial charge on any atom is -0.375 e. The minimum atomic E-state index is 0.683. The number of aromatic nitrogens is 1. The number of benzene rings is 1. The Morgan fingerprint density at radius 2 is 1.95 bits per heavy atom. The lowest BCUT2D eigenvalue weighted by Gasteiger charge is -2.31. The molecule has 1 saturated heterocycles. The van der Waals surface area contributed by atoms with Crippen LogP contribution < -0.4 is 5.73 Å². The summed E-state index contributed by atoms with van der Waals surface area (Å²) < 4.78 is 0. The van der Waals surface area contributed by atoms with E-state index in [1.165, 1.54) is 49.2 Å². The first kappa shape index (κ1) is 14.5. The third kappa shape index (κ3) is 4.29. The van der Waals surface area contributed by atoms with Gasteiger partial charge in [-0.15, -0.1) is 11.3 Å². The molecule has 1 aliphatic rings. The van der Waals surface area contributed by atoms with Gasteiger partial charge in [0.25, 0.3) is 0 Å². The van der Waals surface area contributed by atoms with Gasteiger partial charge in [0.05, 0.1) is 0 Å². The molecule has 1 fully saturated rings. The first-order chi connectivity index (χ1) is 10.3. The molecule has 112 valence electrons. The van der Waals surface area contributed by atoms with Gasteiger partial charge in [-0.3, -0.25) is 4.90 Å². The molecule has 0 atom stereocenters. The molecule has 0 amide bonds. The average Bonchev–Trinajstić information content (AvgIpc) is 2.93. The Morgan fingerprint density at radius 1 is 1.19 bits per heavy atom. The number of thiazole rings is 1. The van der Waals surface area contributed by atoms with Gasteiger partial charge in [-0.2, -0.15) is 0 Å². The second-order valence-electron chi connectivity index (χ2n) is 5.91. The van der Waals surface area contributed by atoms with Crippen molar-refractivity contribution in [2.75, 3.05) is 18.8 Å². The van der Waals surface area contributed by atoms with Crippen molar-refractivity contribution in [2.45, 2.75) is 32.2 Å². The standard InChI is InChI=1S/C17H23N3S/c18-17-19-12-16(21-17)13-20-10-8-15(9-11-20)7-6-14-4-2-1-3-5-14/h1-5,12,15H,6-11,13H2,(H2,18,19). The van der Waals surface area contributed by atoms with Gasteiger partial charge >= 0.3 is 0 Å². The Balaban J connectivity index is 1.40. The van der Waals surface area contributed by atoms with Crippen molar-refractivity contribution < 1.29 is 0 Å². The average molecular weight is 301 g/mol. The number of nitrogens with zero attached hydrogens (tertiary/aromatic N) is 2. The zero-order chi connectivity index (χ0) is 14.5. The predicted molar refractivity (Wildman–Crippen MR) is 89.3 cm³/mol. The van der Waals surface area contributed by atoms with Crippen LogP contribution in [-0.2, 0) is 13.0 Å². The molecule has 0 saturated carbocycles. The van der Waals surface area contributed by atoms with Crippen molar-refractivity contribution in [3.8, 4) is 0 Å². The number of nitrogen functional groups attached to an aromatic ring is 1. The Labute approximate surface area is 130 Å². The maximum Gasteiger partial charge on any atom is 0.180 e. The number of hydrogen-bond donors (Lipinski definition) is 1. The van der Waals surface area contributed by atoms with E-state index >= 15 is 0 Å². The summed E-state index contributed by atoms with van der Waals surface area (Å²) in [4.78, 5) is 7.95. The lowest BCUT2D eigenvalue weighted by atomic mass is 9.90. The van der Waals surface area contributed by atoms with E-state index in [9.17, 15) is 0 Å². The zero-order valence-electron chi connectivity index (χ0n) is 12.4. The molecular formula is C17H23N3S. The molecule has 0 spiro atoms. The van der Waals surface area contributed by atoms with E-state index in [0.717, 1.165) is 12.5 Å². The zero-order valence-corrected chi connectivity index (χ0v) is 13.2. The first-order valence-electron chi connectivity index (χ1n) is 7.76. The predicted octanol–water partition coefficient (Wildman–Crippen LogP) is 3.57. The van der Waals surface area contributed by atoms with Crippen LogP contribution in [-0.4, -0.2) is 23.0 Å². The fourth-order valence-electron chi connectivity index (χ4n) is 3.06. The van der Waals surface area contributed by atoms with Gasteiger partial charge in [0, 0.05) is 17.6 Å². The van der Waals surface area contributed by atoms with E-state index in [4.69, 9.17) is 5.73 Å². The van der Waals surface area contributed by atoms with E-state index in [0.29, 0.717) is 5.13 Å². The molecule has 1 aliphatic heterocycles. The highest BCUT2D eigenvalue weighted by Gasteiger charge is 2.19. The summed E-state index contributed by atoms with van der Waals surface area (Å²) in [5.74, 6) is 0.882. The highest BCUT2D eigenvalue weighted by atomic mass is 32.1. The van der Waals surface area contributed by atoms with Crippen molar-refractivity contribution >= 4 is 16.5 Å². The molecule has 2 N–H and O–H groups in total. The van der Waals surface area contributed by atoms with Crippen molar-refractivity contribution in [1.29, 1.82) is 0 Å². The fraction of sp³-hybridized carbons (Fsp3) is 0.471. The fourth-order valence-corrected chi connectivity index (χ4v) is 3.79. The summed E-state index contributed by atoms with van der Waals surface area (Å²) in [7, 11) is 0. The van der Waals surface area contributed by atoms with Gasteiger partial charge in [-0.1, -0.05) is 30.3 Å². The number of nitrogens with two attached hydrogens (primary N) is 1. The molecule has 0 aliphatic carbocycles. The smallest absolute Gasteiger partial charge is 0.180 e. The lowest BCUT2D eigenvalue weighted by molar-refractivity contribution is 0.173. The van der Waals surface area contributed by atoms with E-state index in [-0.39, 0.29) is 0 Å². The minimum absolute atomic E-state index is 0.683. The molecule has 0 radical (unpaired) electrons. The van der Waals surface area contributed by atoms with Crippen molar-refractivity contribution in [1.82, 2.24) is 9.88 Å². The second kappa shape index (κ2) is 7.05. The Morgan fingerprint density at radius 3 is 2.62 bits per heavy atom.